The van der Waals surface area contributed by atoms with Crippen LogP contribution in [0.2, 0.25) is 0 Å². The summed E-state index contributed by atoms with van der Waals surface area (Å²) in [6.07, 6.45) is 0. The molecule has 3 aliphatic rings. The molecule has 13 aromatic carbocycles. The maximum atomic E-state index is 7.24. The standard InChI is InChI=1S/C74H47NO/c1-4-23-51(24-5-1)73(52-25-6-2-7-26-52)63-36-19-17-34-60(63)70-65(73)37-20-38-69(70)75(53-27-8-3-9-28-53)68-46-42-54(57-31-14-15-33-59(57)68)50-41-43-64-61(47-50)58-32-16-18-35-62(58)74(64)66-44-39-48-21-10-12-29-55(48)71(66)76-72-56-30-13-11-22-49(56)40-45-67(72)74/h1-47H. The summed E-state index contributed by atoms with van der Waals surface area (Å²) < 4.78 is 7.24. The lowest BCUT2D eigenvalue weighted by Crippen LogP contribution is -2.32. The Morgan fingerprint density at radius 1 is 0.276 bits per heavy atom. The Bertz CT molecular complexity index is 4380. The number of nitrogens with zero attached hydrogens (tertiary/aromatic N) is 1. The molecule has 0 saturated heterocycles. The van der Waals surface area contributed by atoms with Crippen molar-refractivity contribution in [3.63, 3.8) is 0 Å². The van der Waals surface area contributed by atoms with E-state index in [0.29, 0.717) is 0 Å². The molecule has 1 spiro atoms. The molecule has 0 saturated carbocycles. The van der Waals surface area contributed by atoms with Crippen molar-refractivity contribution in [1.82, 2.24) is 0 Å². The Morgan fingerprint density at radius 2 is 0.776 bits per heavy atom. The van der Waals surface area contributed by atoms with Gasteiger partial charge in [0.15, 0.2) is 0 Å². The Hall–Kier alpha value is -9.76. The van der Waals surface area contributed by atoms with Gasteiger partial charge in [-0.3, -0.25) is 0 Å². The zero-order chi connectivity index (χ0) is 50.0. The van der Waals surface area contributed by atoms with Gasteiger partial charge in [0.2, 0.25) is 0 Å². The number of ether oxygens (including phenoxy) is 1. The van der Waals surface area contributed by atoms with Gasteiger partial charge in [-0.25, -0.2) is 0 Å². The van der Waals surface area contributed by atoms with Crippen molar-refractivity contribution in [2.45, 2.75) is 10.8 Å². The predicted octanol–water partition coefficient (Wildman–Crippen LogP) is 19.1. The average molecular weight is 966 g/mol. The molecule has 0 atom stereocenters. The van der Waals surface area contributed by atoms with Crippen LogP contribution in [0.25, 0.3) is 65.7 Å². The Labute approximate surface area is 442 Å². The molecule has 0 radical (unpaired) electrons. The summed E-state index contributed by atoms with van der Waals surface area (Å²) in [5.74, 6) is 1.85. The van der Waals surface area contributed by atoms with Crippen molar-refractivity contribution in [3.05, 3.63) is 330 Å². The van der Waals surface area contributed by atoms with Crippen LogP contribution in [0.5, 0.6) is 11.5 Å². The van der Waals surface area contributed by atoms with Gasteiger partial charge in [-0.05, 0) is 108 Å². The lowest BCUT2D eigenvalue weighted by molar-refractivity contribution is 0.447. The monoisotopic (exact) mass is 965 g/mol. The minimum atomic E-state index is -0.614. The number of hydrogen-bond donors (Lipinski definition) is 0. The molecular formula is C74H47NO. The Balaban J connectivity index is 0.912. The summed E-state index contributed by atoms with van der Waals surface area (Å²) >= 11 is 0. The number of hydrogen-bond acceptors (Lipinski definition) is 2. The smallest absolute Gasteiger partial charge is 0.140 e. The van der Waals surface area contributed by atoms with Crippen molar-refractivity contribution < 1.29 is 4.74 Å². The minimum Gasteiger partial charge on any atom is -0.455 e. The average Bonchev–Trinajstić information content (AvgIpc) is 4.18. The summed E-state index contributed by atoms with van der Waals surface area (Å²) in [7, 11) is 0. The lowest BCUT2D eigenvalue weighted by Gasteiger charge is -2.40. The SMILES string of the molecule is c1ccc(N(c2cccc3c2-c2ccccc2C3(c2ccccc2)c2ccccc2)c2ccc(-c3ccc4c(c3)-c3ccccc3C43c4ccc5ccccc5c4Oc4c3ccc3ccccc43)c3ccccc23)cc1. The van der Waals surface area contributed by atoms with Crippen LogP contribution in [-0.2, 0) is 10.8 Å². The number of fused-ring (bicyclic) bond motifs is 17. The van der Waals surface area contributed by atoms with E-state index in [1.807, 2.05) is 0 Å². The van der Waals surface area contributed by atoms with Crippen molar-refractivity contribution in [2.24, 2.45) is 0 Å². The zero-order valence-electron chi connectivity index (χ0n) is 41.5. The van der Waals surface area contributed by atoms with Gasteiger partial charge in [-0.15, -0.1) is 0 Å². The summed E-state index contributed by atoms with van der Waals surface area (Å²) in [5.41, 5.74) is 19.5. The fourth-order valence-electron chi connectivity index (χ4n) is 14.0. The molecule has 2 heteroatoms. The van der Waals surface area contributed by atoms with E-state index in [0.717, 1.165) is 50.1 Å². The van der Waals surface area contributed by atoms with Gasteiger partial charge < -0.3 is 9.64 Å². The van der Waals surface area contributed by atoms with Crippen LogP contribution in [-0.4, -0.2) is 0 Å². The molecule has 0 bridgehead atoms. The second-order valence-electron chi connectivity index (χ2n) is 20.6. The first kappa shape index (κ1) is 42.7. The summed E-state index contributed by atoms with van der Waals surface area (Å²) in [6, 6.07) is 106. The third kappa shape index (κ3) is 5.76. The highest BCUT2D eigenvalue weighted by molar-refractivity contribution is 6.09. The maximum absolute atomic E-state index is 7.24. The molecule has 0 amide bonds. The first-order chi connectivity index (χ1) is 37.7. The molecule has 0 unspecified atom stereocenters. The first-order valence-electron chi connectivity index (χ1n) is 26.4. The predicted molar refractivity (Wildman–Crippen MR) is 314 cm³/mol. The summed E-state index contributed by atoms with van der Waals surface area (Å²) in [6.45, 7) is 0. The highest BCUT2D eigenvalue weighted by Gasteiger charge is 2.52. The lowest BCUT2D eigenvalue weighted by atomic mass is 9.65. The summed E-state index contributed by atoms with van der Waals surface area (Å²) in [5, 5.41) is 6.93. The topological polar surface area (TPSA) is 12.5 Å². The van der Waals surface area contributed by atoms with Crippen LogP contribution in [0.15, 0.2) is 285 Å². The van der Waals surface area contributed by atoms with Crippen LogP contribution >= 0.6 is 0 Å². The second kappa shape index (κ2) is 16.4. The number of rotatable bonds is 6. The highest BCUT2D eigenvalue weighted by Crippen LogP contribution is 2.65. The molecule has 1 heterocycles. The third-order valence-corrected chi connectivity index (χ3v) is 17.0. The van der Waals surface area contributed by atoms with Gasteiger partial charge in [0.05, 0.1) is 22.2 Å². The molecule has 354 valence electrons. The van der Waals surface area contributed by atoms with Gasteiger partial charge in [-0.2, -0.15) is 0 Å². The zero-order valence-corrected chi connectivity index (χ0v) is 41.5. The number of anilines is 3. The molecule has 0 aromatic heterocycles. The van der Waals surface area contributed by atoms with E-state index in [4.69, 9.17) is 4.74 Å². The number of benzene rings is 13. The van der Waals surface area contributed by atoms with E-state index in [9.17, 15) is 0 Å². The van der Waals surface area contributed by atoms with Gasteiger partial charge >= 0.3 is 0 Å². The molecule has 2 aliphatic carbocycles. The van der Waals surface area contributed by atoms with Crippen LogP contribution in [0.4, 0.5) is 17.1 Å². The van der Waals surface area contributed by atoms with E-state index >= 15 is 0 Å². The van der Waals surface area contributed by atoms with E-state index in [1.54, 1.807) is 0 Å². The van der Waals surface area contributed by atoms with Crippen molar-refractivity contribution in [1.29, 1.82) is 0 Å². The molecule has 2 nitrogen and oxygen atoms in total. The van der Waals surface area contributed by atoms with E-state index < -0.39 is 10.8 Å². The van der Waals surface area contributed by atoms with Gasteiger partial charge in [0.25, 0.3) is 0 Å². The van der Waals surface area contributed by atoms with Gasteiger partial charge in [0, 0.05) is 38.5 Å². The van der Waals surface area contributed by atoms with Crippen LogP contribution in [0, 0.1) is 0 Å². The second-order valence-corrected chi connectivity index (χ2v) is 20.6. The largest absolute Gasteiger partial charge is 0.455 e. The molecule has 13 aromatic rings. The van der Waals surface area contributed by atoms with Crippen LogP contribution in [0.1, 0.15) is 44.5 Å². The first-order valence-corrected chi connectivity index (χ1v) is 26.4. The Kier molecular flexibility index (Phi) is 9.20. The van der Waals surface area contributed by atoms with Crippen LogP contribution in [0.3, 0.4) is 0 Å². The van der Waals surface area contributed by atoms with Crippen LogP contribution < -0.4 is 9.64 Å². The number of para-hydroxylation sites is 1. The highest BCUT2D eigenvalue weighted by atomic mass is 16.5. The molecule has 76 heavy (non-hydrogen) atoms. The Morgan fingerprint density at radius 3 is 1.43 bits per heavy atom. The maximum Gasteiger partial charge on any atom is 0.140 e. The van der Waals surface area contributed by atoms with Crippen molar-refractivity contribution in [2.75, 3.05) is 4.90 Å². The van der Waals surface area contributed by atoms with Gasteiger partial charge in [-0.1, -0.05) is 255 Å². The fraction of sp³-hybridized carbons (Fsp3) is 0.0270. The quantitative estimate of drug-likeness (QED) is 0.165. The van der Waals surface area contributed by atoms with Gasteiger partial charge in [0.1, 0.15) is 11.5 Å². The van der Waals surface area contributed by atoms with Crippen molar-refractivity contribution >= 4 is 49.4 Å². The molecule has 0 fully saturated rings. The van der Waals surface area contributed by atoms with E-state index in [1.165, 1.54) is 88.7 Å². The third-order valence-electron chi connectivity index (χ3n) is 17.0. The van der Waals surface area contributed by atoms with Crippen molar-refractivity contribution in [3.8, 4) is 44.9 Å². The fourth-order valence-corrected chi connectivity index (χ4v) is 14.0. The minimum absolute atomic E-state index is 0.528. The van der Waals surface area contributed by atoms with E-state index in [2.05, 4.69) is 290 Å². The normalized spacial score (nSPS) is 13.8. The molecule has 16 rings (SSSR count). The molecule has 0 N–H and O–H groups in total. The summed E-state index contributed by atoms with van der Waals surface area (Å²) in [4.78, 5) is 2.50. The van der Waals surface area contributed by atoms with E-state index in [-0.39, 0.29) is 0 Å². The molecular weight excluding hydrogens is 919 g/mol. The molecule has 1 aliphatic heterocycles.